The van der Waals surface area contributed by atoms with Gasteiger partial charge in [0.25, 0.3) is 5.91 Å². The lowest BCUT2D eigenvalue weighted by molar-refractivity contribution is -0.152. The van der Waals surface area contributed by atoms with E-state index < -0.39 is 6.04 Å². The van der Waals surface area contributed by atoms with Crippen molar-refractivity contribution in [2.24, 2.45) is 0 Å². The lowest BCUT2D eigenvalue weighted by Gasteiger charge is -2.39. The first-order valence-corrected chi connectivity index (χ1v) is 10.2. The quantitative estimate of drug-likeness (QED) is 0.695. The number of carbonyl (C=O) groups excluding carboxylic acids is 2. The van der Waals surface area contributed by atoms with Crippen molar-refractivity contribution >= 4 is 11.8 Å². The van der Waals surface area contributed by atoms with Gasteiger partial charge in [-0.15, -0.1) is 0 Å². The van der Waals surface area contributed by atoms with Crippen molar-refractivity contribution in [3.05, 3.63) is 29.3 Å². The molecule has 2 amide bonds. The molecule has 2 aliphatic rings. The van der Waals surface area contributed by atoms with Gasteiger partial charge in [0.1, 0.15) is 24.0 Å². The number of nitrogens with zero attached hydrogens (tertiary/aromatic N) is 3. The van der Waals surface area contributed by atoms with Crippen molar-refractivity contribution in [3.63, 3.8) is 0 Å². The lowest BCUT2D eigenvalue weighted by Crippen LogP contribution is -2.52. The summed E-state index contributed by atoms with van der Waals surface area (Å²) in [5.74, 6) is -0.300. The second kappa shape index (κ2) is 9.45. The van der Waals surface area contributed by atoms with Crippen LogP contribution in [0.4, 0.5) is 0 Å². The summed E-state index contributed by atoms with van der Waals surface area (Å²) in [6.07, 6.45) is 1.89. The van der Waals surface area contributed by atoms with Gasteiger partial charge in [0, 0.05) is 34.2 Å². The summed E-state index contributed by atoms with van der Waals surface area (Å²) in [5, 5.41) is 9.49. The highest BCUT2D eigenvalue weighted by molar-refractivity contribution is 6.00. The Bertz CT molecular complexity index is 837. The van der Waals surface area contributed by atoms with Crippen LogP contribution >= 0.6 is 0 Å². The normalized spacial score (nSPS) is 28.2. The minimum atomic E-state index is -0.690. The summed E-state index contributed by atoms with van der Waals surface area (Å²) in [6.45, 7) is 2.40. The van der Waals surface area contributed by atoms with E-state index in [1.54, 1.807) is 51.2 Å². The molecule has 0 saturated carbocycles. The molecule has 1 saturated heterocycles. The third-order valence-corrected chi connectivity index (χ3v) is 6.00. The molecule has 0 spiro atoms. The van der Waals surface area contributed by atoms with Gasteiger partial charge in [-0.3, -0.25) is 9.59 Å². The van der Waals surface area contributed by atoms with Crippen molar-refractivity contribution < 1.29 is 23.8 Å². The molecular formula is C22H29N3O5. The Balaban J connectivity index is 1.96. The van der Waals surface area contributed by atoms with E-state index in [1.807, 2.05) is 0 Å². The van der Waals surface area contributed by atoms with Crippen LogP contribution in [0.15, 0.2) is 18.2 Å². The zero-order valence-corrected chi connectivity index (χ0v) is 18.0. The zero-order valence-electron chi connectivity index (χ0n) is 18.0. The van der Waals surface area contributed by atoms with E-state index in [9.17, 15) is 14.9 Å². The molecule has 3 rings (SSSR count). The predicted molar refractivity (Wildman–Crippen MR) is 109 cm³/mol. The fourth-order valence-corrected chi connectivity index (χ4v) is 4.03. The summed E-state index contributed by atoms with van der Waals surface area (Å²) in [4.78, 5) is 29.1. The minimum Gasteiger partial charge on any atom is -0.491 e. The average molecular weight is 415 g/mol. The van der Waals surface area contributed by atoms with Gasteiger partial charge in [-0.05, 0) is 31.9 Å². The Morgan fingerprint density at radius 3 is 2.67 bits per heavy atom. The number of para-hydroxylation sites is 1. The van der Waals surface area contributed by atoms with E-state index in [0.29, 0.717) is 25.1 Å². The van der Waals surface area contributed by atoms with Crippen LogP contribution in [-0.4, -0.2) is 80.3 Å². The number of methoxy groups -OCH3 is 1. The molecule has 8 nitrogen and oxygen atoms in total. The number of benzene rings is 1. The molecular weight excluding hydrogens is 386 g/mol. The molecule has 162 valence electrons. The smallest absolute Gasteiger partial charge is 0.258 e. The molecule has 2 heterocycles. The van der Waals surface area contributed by atoms with Crippen LogP contribution in [0.1, 0.15) is 42.1 Å². The second-order valence-corrected chi connectivity index (χ2v) is 7.89. The number of amides is 2. The van der Waals surface area contributed by atoms with E-state index in [0.717, 1.165) is 12.8 Å². The van der Waals surface area contributed by atoms with Crippen LogP contribution in [0.5, 0.6) is 5.75 Å². The predicted octanol–water partition coefficient (Wildman–Crippen LogP) is 1.82. The summed E-state index contributed by atoms with van der Waals surface area (Å²) in [7, 11) is 4.95. The van der Waals surface area contributed by atoms with Gasteiger partial charge in [-0.2, -0.15) is 5.26 Å². The highest BCUT2D eigenvalue weighted by Crippen LogP contribution is 2.28. The number of rotatable bonds is 1. The first-order valence-electron chi connectivity index (χ1n) is 10.2. The Hall–Kier alpha value is -2.63. The molecule has 0 radical (unpaired) electrons. The van der Waals surface area contributed by atoms with E-state index in [4.69, 9.17) is 14.2 Å². The van der Waals surface area contributed by atoms with Crippen LogP contribution in [-0.2, 0) is 14.3 Å². The number of hydrogen-bond donors (Lipinski definition) is 0. The van der Waals surface area contributed by atoms with E-state index in [-0.39, 0.29) is 41.4 Å². The molecule has 1 fully saturated rings. The number of fused-ring (bicyclic) bond motifs is 3. The first kappa shape index (κ1) is 22.1. The second-order valence-electron chi connectivity index (χ2n) is 7.89. The number of ether oxygens (including phenoxy) is 3. The topological polar surface area (TPSA) is 92.1 Å². The fraction of sp³-hybridized carbons (Fsp3) is 0.591. The van der Waals surface area contributed by atoms with Crippen molar-refractivity contribution in [2.75, 3.05) is 34.4 Å². The summed E-state index contributed by atoms with van der Waals surface area (Å²) < 4.78 is 17.7. The molecule has 1 aromatic carbocycles. The maximum absolute atomic E-state index is 13.2. The molecule has 8 heteroatoms. The van der Waals surface area contributed by atoms with Gasteiger partial charge in [-0.25, -0.2) is 0 Å². The largest absolute Gasteiger partial charge is 0.491 e. The van der Waals surface area contributed by atoms with Gasteiger partial charge in [0.15, 0.2) is 0 Å². The highest BCUT2D eigenvalue weighted by Gasteiger charge is 2.35. The molecule has 2 bridgehead atoms. The van der Waals surface area contributed by atoms with Gasteiger partial charge in [0.05, 0.1) is 29.9 Å². The summed E-state index contributed by atoms with van der Waals surface area (Å²) in [6, 6.07) is 6.29. The van der Waals surface area contributed by atoms with E-state index in [2.05, 4.69) is 6.07 Å². The van der Waals surface area contributed by atoms with Gasteiger partial charge < -0.3 is 24.0 Å². The molecule has 30 heavy (non-hydrogen) atoms. The van der Waals surface area contributed by atoms with E-state index in [1.165, 1.54) is 4.90 Å². The van der Waals surface area contributed by atoms with Crippen molar-refractivity contribution in [3.8, 4) is 11.8 Å². The number of likely N-dealkylation sites (N-methyl/N-ethyl adjacent to an activating group) is 2. The number of carbonyl (C=O) groups is 2. The summed E-state index contributed by atoms with van der Waals surface area (Å²) >= 11 is 0. The van der Waals surface area contributed by atoms with Crippen LogP contribution in [0.25, 0.3) is 0 Å². The van der Waals surface area contributed by atoms with Crippen molar-refractivity contribution in [2.45, 2.75) is 50.5 Å². The number of nitriles is 1. The highest BCUT2D eigenvalue weighted by atomic mass is 16.5. The molecule has 2 aliphatic heterocycles. The summed E-state index contributed by atoms with van der Waals surface area (Å²) in [5.41, 5.74) is 0.567. The molecule has 0 aliphatic carbocycles. The van der Waals surface area contributed by atoms with E-state index >= 15 is 0 Å². The van der Waals surface area contributed by atoms with Crippen LogP contribution < -0.4 is 4.74 Å². The lowest BCUT2D eigenvalue weighted by atomic mass is 9.98. The third-order valence-electron chi connectivity index (χ3n) is 6.00. The maximum Gasteiger partial charge on any atom is 0.258 e. The molecule has 4 atom stereocenters. The Kier molecular flexibility index (Phi) is 6.95. The molecule has 0 unspecified atom stereocenters. The minimum absolute atomic E-state index is 0.0404. The number of hydrogen-bond acceptors (Lipinski definition) is 6. The van der Waals surface area contributed by atoms with Crippen LogP contribution in [0.3, 0.4) is 0 Å². The van der Waals surface area contributed by atoms with Crippen molar-refractivity contribution in [1.82, 2.24) is 9.80 Å². The SMILES string of the molecule is CO[C@@H]1CC[C@@H]2CCOc3c(C#N)cccc3C(=O)N(C)[C@H](C)C(=O)N(C)C[C@H]1O2. The Morgan fingerprint density at radius 1 is 1.20 bits per heavy atom. The fourth-order valence-electron chi connectivity index (χ4n) is 4.03. The Labute approximate surface area is 177 Å². The third kappa shape index (κ3) is 4.42. The maximum atomic E-state index is 13.2. The van der Waals surface area contributed by atoms with Crippen molar-refractivity contribution in [1.29, 1.82) is 5.26 Å². The standard InChI is InChI=1S/C22H29N3O5/c1-14-21(26)24(2)13-19-18(28-4)9-8-16(30-19)10-11-29-20-15(12-23)6-5-7-17(20)22(27)25(14)3/h5-7,14,16,18-19H,8-11,13H2,1-4H3/t14-,16-,18-,19-/m1/s1. The molecule has 1 aromatic rings. The molecule has 0 aromatic heterocycles. The Morgan fingerprint density at radius 2 is 1.97 bits per heavy atom. The monoisotopic (exact) mass is 415 g/mol. The van der Waals surface area contributed by atoms with Gasteiger partial charge in [0.2, 0.25) is 5.91 Å². The molecule has 0 N–H and O–H groups in total. The zero-order chi connectivity index (χ0) is 21.8. The van der Waals surface area contributed by atoms with Crippen LogP contribution in [0.2, 0.25) is 0 Å². The average Bonchev–Trinajstić information content (AvgIpc) is 2.76. The first-order chi connectivity index (χ1) is 14.4. The van der Waals surface area contributed by atoms with Crippen LogP contribution in [0, 0.1) is 11.3 Å². The van der Waals surface area contributed by atoms with Gasteiger partial charge >= 0.3 is 0 Å². The van der Waals surface area contributed by atoms with Gasteiger partial charge in [-0.1, -0.05) is 6.07 Å².